The molecule has 9 heteroatoms. The fraction of sp³-hybridized carbons (Fsp3) is 0.391. The first kappa shape index (κ1) is 25.3. The van der Waals surface area contributed by atoms with E-state index in [0.717, 1.165) is 27.8 Å². The normalized spacial score (nSPS) is 12.3. The van der Waals surface area contributed by atoms with E-state index in [-0.39, 0.29) is 24.2 Å². The molecular formula is C23H30FN3O4S. The SMILES string of the molecule is Cc1ccc(CN(C(=O)CN(c2cccc(F)c2)S(C)(=O)=O)C(C)C(=O)NC(C)C)cc1. The number of halogens is 1. The maximum atomic E-state index is 13.7. The summed E-state index contributed by atoms with van der Waals surface area (Å²) in [7, 11) is -3.89. The van der Waals surface area contributed by atoms with Crippen LogP contribution in [0.5, 0.6) is 0 Å². The van der Waals surface area contributed by atoms with E-state index in [4.69, 9.17) is 0 Å². The summed E-state index contributed by atoms with van der Waals surface area (Å²) in [6, 6.07) is 11.5. The Kier molecular flexibility index (Phi) is 8.38. The minimum atomic E-state index is -3.89. The van der Waals surface area contributed by atoms with Crippen LogP contribution in [-0.4, -0.2) is 50.0 Å². The van der Waals surface area contributed by atoms with Crippen LogP contribution >= 0.6 is 0 Å². The van der Waals surface area contributed by atoms with Gasteiger partial charge in [0.2, 0.25) is 21.8 Å². The molecule has 0 heterocycles. The fourth-order valence-corrected chi connectivity index (χ4v) is 3.96. The third-order valence-electron chi connectivity index (χ3n) is 4.85. The highest BCUT2D eigenvalue weighted by atomic mass is 32.2. The summed E-state index contributed by atoms with van der Waals surface area (Å²) in [6.07, 6.45) is 0.949. The van der Waals surface area contributed by atoms with Crippen molar-refractivity contribution in [2.75, 3.05) is 17.1 Å². The molecule has 0 saturated heterocycles. The number of carbonyl (C=O) groups is 2. The van der Waals surface area contributed by atoms with Crippen LogP contribution in [0.25, 0.3) is 0 Å². The quantitative estimate of drug-likeness (QED) is 0.620. The second kappa shape index (κ2) is 10.6. The number of amides is 2. The van der Waals surface area contributed by atoms with Gasteiger partial charge in [0.1, 0.15) is 18.4 Å². The van der Waals surface area contributed by atoms with Gasteiger partial charge in [0.25, 0.3) is 0 Å². The van der Waals surface area contributed by atoms with Crippen molar-refractivity contribution in [2.24, 2.45) is 0 Å². The Bertz CT molecular complexity index is 1060. The van der Waals surface area contributed by atoms with Crippen molar-refractivity contribution in [1.29, 1.82) is 0 Å². The van der Waals surface area contributed by atoms with E-state index in [1.165, 1.54) is 23.1 Å². The molecule has 7 nitrogen and oxygen atoms in total. The number of rotatable bonds is 9. The minimum absolute atomic E-state index is 0.0374. The van der Waals surface area contributed by atoms with Crippen LogP contribution in [0, 0.1) is 12.7 Å². The number of benzene rings is 2. The molecule has 0 aliphatic rings. The lowest BCUT2D eigenvalue weighted by molar-refractivity contribution is -0.139. The lowest BCUT2D eigenvalue weighted by Crippen LogP contribution is -2.52. The van der Waals surface area contributed by atoms with Crippen molar-refractivity contribution in [3.63, 3.8) is 0 Å². The molecule has 0 aromatic heterocycles. The van der Waals surface area contributed by atoms with Gasteiger partial charge in [-0.2, -0.15) is 0 Å². The van der Waals surface area contributed by atoms with Gasteiger partial charge in [0, 0.05) is 12.6 Å². The first-order valence-electron chi connectivity index (χ1n) is 10.3. The Morgan fingerprint density at radius 2 is 1.69 bits per heavy atom. The Morgan fingerprint density at radius 3 is 2.22 bits per heavy atom. The summed E-state index contributed by atoms with van der Waals surface area (Å²) in [6.45, 7) is 6.71. The molecule has 2 rings (SSSR count). The first-order valence-corrected chi connectivity index (χ1v) is 12.1. The van der Waals surface area contributed by atoms with E-state index in [1.807, 2.05) is 45.0 Å². The number of hydrogen-bond donors (Lipinski definition) is 1. The van der Waals surface area contributed by atoms with Gasteiger partial charge in [-0.1, -0.05) is 35.9 Å². The number of hydrogen-bond acceptors (Lipinski definition) is 4. The Balaban J connectivity index is 2.38. The van der Waals surface area contributed by atoms with Crippen LogP contribution in [0.4, 0.5) is 10.1 Å². The molecule has 0 bridgehead atoms. The Morgan fingerprint density at radius 1 is 1.06 bits per heavy atom. The number of anilines is 1. The molecule has 0 radical (unpaired) electrons. The van der Waals surface area contributed by atoms with Crippen molar-refractivity contribution in [2.45, 2.75) is 46.3 Å². The summed E-state index contributed by atoms with van der Waals surface area (Å²) in [5.74, 6) is -1.55. The number of aryl methyl sites for hydroxylation is 1. The Labute approximate surface area is 189 Å². The van der Waals surface area contributed by atoms with Gasteiger partial charge in [0.05, 0.1) is 11.9 Å². The van der Waals surface area contributed by atoms with Gasteiger partial charge in [-0.3, -0.25) is 13.9 Å². The summed E-state index contributed by atoms with van der Waals surface area (Å²) >= 11 is 0. The second-order valence-electron chi connectivity index (χ2n) is 8.10. The van der Waals surface area contributed by atoms with Gasteiger partial charge in [0.15, 0.2) is 0 Å². The lowest BCUT2D eigenvalue weighted by atomic mass is 10.1. The van der Waals surface area contributed by atoms with Crippen LogP contribution in [0.1, 0.15) is 31.9 Å². The van der Waals surface area contributed by atoms with E-state index in [9.17, 15) is 22.4 Å². The summed E-state index contributed by atoms with van der Waals surface area (Å²) in [5.41, 5.74) is 1.88. The zero-order valence-electron chi connectivity index (χ0n) is 19.0. The average molecular weight is 464 g/mol. The zero-order chi connectivity index (χ0) is 24.1. The molecule has 2 aromatic rings. The van der Waals surface area contributed by atoms with Crippen molar-refractivity contribution >= 4 is 27.5 Å². The molecule has 2 aromatic carbocycles. The third-order valence-corrected chi connectivity index (χ3v) is 5.99. The predicted molar refractivity (Wildman–Crippen MR) is 123 cm³/mol. The molecule has 1 atom stereocenters. The van der Waals surface area contributed by atoms with Crippen molar-refractivity contribution in [3.8, 4) is 0 Å². The molecule has 2 amide bonds. The predicted octanol–water partition coefficient (Wildman–Crippen LogP) is 2.84. The standard InChI is InChI=1S/C23H30FN3O4S/c1-16(2)25-23(29)18(4)26(14-19-11-9-17(3)10-12-19)22(28)15-27(32(5,30)31)21-8-6-7-20(24)13-21/h6-13,16,18H,14-15H2,1-5H3,(H,25,29). The van der Waals surface area contributed by atoms with Gasteiger partial charge < -0.3 is 10.2 Å². The van der Waals surface area contributed by atoms with Crippen LogP contribution < -0.4 is 9.62 Å². The highest BCUT2D eigenvalue weighted by Gasteiger charge is 2.30. The van der Waals surface area contributed by atoms with E-state index in [1.54, 1.807) is 6.92 Å². The molecular weight excluding hydrogens is 433 g/mol. The summed E-state index contributed by atoms with van der Waals surface area (Å²) in [5, 5.41) is 2.78. The summed E-state index contributed by atoms with van der Waals surface area (Å²) < 4.78 is 39.4. The van der Waals surface area contributed by atoms with E-state index < -0.39 is 34.3 Å². The topological polar surface area (TPSA) is 86.8 Å². The van der Waals surface area contributed by atoms with Crippen molar-refractivity contribution in [1.82, 2.24) is 10.2 Å². The molecule has 32 heavy (non-hydrogen) atoms. The second-order valence-corrected chi connectivity index (χ2v) is 10.0. The molecule has 0 spiro atoms. The average Bonchev–Trinajstić information content (AvgIpc) is 2.69. The summed E-state index contributed by atoms with van der Waals surface area (Å²) in [4.78, 5) is 27.3. The van der Waals surface area contributed by atoms with Crippen LogP contribution in [0.3, 0.4) is 0 Å². The number of carbonyl (C=O) groups excluding carboxylic acids is 2. The fourth-order valence-electron chi connectivity index (χ4n) is 3.12. The number of nitrogens with zero attached hydrogens (tertiary/aromatic N) is 2. The molecule has 0 saturated carbocycles. The molecule has 1 N–H and O–H groups in total. The monoisotopic (exact) mass is 463 g/mol. The maximum absolute atomic E-state index is 13.7. The largest absolute Gasteiger partial charge is 0.352 e. The lowest BCUT2D eigenvalue weighted by Gasteiger charge is -2.32. The van der Waals surface area contributed by atoms with Gasteiger partial charge in [-0.15, -0.1) is 0 Å². The van der Waals surface area contributed by atoms with Gasteiger partial charge in [-0.05, 0) is 51.5 Å². The zero-order valence-corrected chi connectivity index (χ0v) is 19.8. The van der Waals surface area contributed by atoms with Gasteiger partial charge >= 0.3 is 0 Å². The minimum Gasteiger partial charge on any atom is -0.352 e. The molecule has 174 valence electrons. The maximum Gasteiger partial charge on any atom is 0.244 e. The third kappa shape index (κ3) is 7.05. The van der Waals surface area contributed by atoms with E-state index in [2.05, 4.69) is 5.32 Å². The van der Waals surface area contributed by atoms with Crippen molar-refractivity contribution in [3.05, 3.63) is 65.5 Å². The molecule has 0 aliphatic heterocycles. The smallest absolute Gasteiger partial charge is 0.244 e. The van der Waals surface area contributed by atoms with Crippen LogP contribution in [-0.2, 0) is 26.2 Å². The van der Waals surface area contributed by atoms with E-state index in [0.29, 0.717) is 0 Å². The van der Waals surface area contributed by atoms with Gasteiger partial charge in [-0.25, -0.2) is 12.8 Å². The number of sulfonamides is 1. The highest BCUT2D eigenvalue weighted by Crippen LogP contribution is 2.20. The van der Waals surface area contributed by atoms with Crippen LogP contribution in [0.2, 0.25) is 0 Å². The van der Waals surface area contributed by atoms with Crippen LogP contribution in [0.15, 0.2) is 48.5 Å². The van der Waals surface area contributed by atoms with Crippen molar-refractivity contribution < 1.29 is 22.4 Å². The molecule has 0 fully saturated rings. The molecule has 1 unspecified atom stereocenters. The number of nitrogens with one attached hydrogen (secondary N) is 1. The highest BCUT2D eigenvalue weighted by molar-refractivity contribution is 7.92. The Hall–Kier alpha value is -2.94. The molecule has 0 aliphatic carbocycles. The first-order chi connectivity index (χ1) is 14.9. The van der Waals surface area contributed by atoms with E-state index >= 15 is 0 Å².